The zero-order valence-corrected chi connectivity index (χ0v) is 17.2. The fraction of sp³-hybridized carbons (Fsp3) is 0.217. The third-order valence-electron chi connectivity index (χ3n) is 5.51. The highest BCUT2D eigenvalue weighted by atomic mass is 19.1. The molecule has 1 saturated heterocycles. The van der Waals surface area contributed by atoms with Crippen molar-refractivity contribution in [1.29, 1.82) is 0 Å². The van der Waals surface area contributed by atoms with Crippen molar-refractivity contribution in [3.63, 3.8) is 0 Å². The Labute approximate surface area is 183 Å². The van der Waals surface area contributed by atoms with Gasteiger partial charge >= 0.3 is 0 Å². The molecule has 1 aliphatic heterocycles. The molecule has 0 atom stereocenters. The minimum Gasteiger partial charge on any atom is -0.369 e. The number of hydrogen-bond donors (Lipinski definition) is 2. The Bertz CT molecular complexity index is 1170. The summed E-state index contributed by atoms with van der Waals surface area (Å²) in [7, 11) is 0. The van der Waals surface area contributed by atoms with Gasteiger partial charge in [0.25, 0.3) is 11.8 Å². The maximum absolute atomic E-state index is 14.0. The van der Waals surface area contributed by atoms with E-state index in [4.69, 9.17) is 5.73 Å². The normalized spacial score (nSPS) is 14.2. The first-order chi connectivity index (χ1) is 15.4. The number of carbonyl (C=O) groups excluding carboxylic acids is 3. The average Bonchev–Trinajstić information content (AvgIpc) is 3.29. The number of rotatable bonds is 5. The topological polar surface area (TPSA) is 110 Å². The molecule has 164 valence electrons. The monoisotopic (exact) mass is 435 g/mol. The number of nitrogens with one attached hydrogen (secondary N) is 1. The van der Waals surface area contributed by atoms with Crippen LogP contribution >= 0.6 is 0 Å². The molecular weight excluding hydrogens is 413 g/mol. The van der Waals surface area contributed by atoms with Gasteiger partial charge in [0.15, 0.2) is 5.69 Å². The summed E-state index contributed by atoms with van der Waals surface area (Å²) >= 11 is 0. The van der Waals surface area contributed by atoms with Crippen molar-refractivity contribution in [1.82, 2.24) is 14.7 Å². The van der Waals surface area contributed by atoms with Gasteiger partial charge in [0, 0.05) is 25.2 Å². The molecule has 0 radical (unpaired) electrons. The standard InChI is InChI=1S/C23H22FN5O3/c24-17-6-2-4-8-20(17)29-14-11-19(27-29)22(31)26-18-7-3-1-5-16(18)23(32)28-12-9-15(10-13-28)21(25)30/h1-8,11,14-15H,9-10,12-13H2,(H2,25,30)(H,26,31). The molecule has 1 aliphatic rings. The summed E-state index contributed by atoms with van der Waals surface area (Å²) in [6.07, 6.45) is 2.53. The number of para-hydroxylation sites is 2. The fourth-order valence-corrected chi connectivity index (χ4v) is 3.72. The summed E-state index contributed by atoms with van der Waals surface area (Å²) in [6.45, 7) is 0.837. The maximum Gasteiger partial charge on any atom is 0.276 e. The van der Waals surface area contributed by atoms with E-state index in [2.05, 4.69) is 10.4 Å². The van der Waals surface area contributed by atoms with Crippen LogP contribution in [0.3, 0.4) is 0 Å². The second-order valence-electron chi connectivity index (χ2n) is 7.57. The van der Waals surface area contributed by atoms with E-state index < -0.39 is 11.7 Å². The van der Waals surface area contributed by atoms with Gasteiger partial charge in [-0.1, -0.05) is 24.3 Å². The molecule has 0 saturated carbocycles. The number of primary amides is 1. The lowest BCUT2D eigenvalue weighted by molar-refractivity contribution is -0.123. The number of hydrogen-bond acceptors (Lipinski definition) is 4. The maximum atomic E-state index is 14.0. The van der Waals surface area contributed by atoms with Gasteiger partial charge in [-0.25, -0.2) is 9.07 Å². The molecule has 4 rings (SSSR count). The minimum atomic E-state index is -0.521. The Hall–Kier alpha value is -4.01. The van der Waals surface area contributed by atoms with Crippen molar-refractivity contribution in [2.45, 2.75) is 12.8 Å². The van der Waals surface area contributed by atoms with E-state index in [1.54, 1.807) is 47.4 Å². The number of carbonyl (C=O) groups is 3. The van der Waals surface area contributed by atoms with Gasteiger partial charge in [0.2, 0.25) is 5.91 Å². The van der Waals surface area contributed by atoms with E-state index >= 15 is 0 Å². The molecule has 0 spiro atoms. The van der Waals surface area contributed by atoms with Crippen LogP contribution in [-0.2, 0) is 4.79 Å². The van der Waals surface area contributed by atoms with Crippen LogP contribution < -0.4 is 11.1 Å². The Morgan fingerprint density at radius 3 is 2.41 bits per heavy atom. The number of likely N-dealkylation sites (tertiary alicyclic amines) is 1. The first-order valence-corrected chi connectivity index (χ1v) is 10.2. The molecular formula is C23H22FN5O3. The van der Waals surface area contributed by atoms with Crippen molar-refractivity contribution in [3.8, 4) is 5.69 Å². The Morgan fingerprint density at radius 2 is 1.69 bits per heavy atom. The van der Waals surface area contributed by atoms with Gasteiger partial charge in [-0.15, -0.1) is 0 Å². The lowest BCUT2D eigenvalue weighted by Gasteiger charge is -2.31. The molecule has 0 bridgehead atoms. The number of nitrogens with zero attached hydrogens (tertiary/aromatic N) is 3. The number of benzene rings is 2. The summed E-state index contributed by atoms with van der Waals surface area (Å²) in [5.41, 5.74) is 6.35. The van der Waals surface area contributed by atoms with E-state index in [1.807, 2.05) is 0 Å². The van der Waals surface area contributed by atoms with Crippen LogP contribution in [-0.4, -0.2) is 45.5 Å². The van der Waals surface area contributed by atoms with Crippen LogP contribution in [0.15, 0.2) is 60.8 Å². The summed E-state index contributed by atoms with van der Waals surface area (Å²) in [4.78, 5) is 38.8. The van der Waals surface area contributed by atoms with Gasteiger partial charge in [0.05, 0.1) is 11.3 Å². The fourth-order valence-electron chi connectivity index (χ4n) is 3.72. The second kappa shape index (κ2) is 9.01. The van der Waals surface area contributed by atoms with Crippen LogP contribution in [0, 0.1) is 11.7 Å². The zero-order valence-electron chi connectivity index (χ0n) is 17.2. The van der Waals surface area contributed by atoms with E-state index in [0.717, 1.165) is 0 Å². The molecule has 32 heavy (non-hydrogen) atoms. The quantitative estimate of drug-likeness (QED) is 0.642. The first kappa shape index (κ1) is 21.2. The molecule has 0 aliphatic carbocycles. The summed E-state index contributed by atoms with van der Waals surface area (Å²) in [6, 6.07) is 14.3. The van der Waals surface area contributed by atoms with E-state index in [-0.39, 0.29) is 29.1 Å². The number of anilines is 1. The smallest absolute Gasteiger partial charge is 0.276 e. The van der Waals surface area contributed by atoms with Crippen LogP contribution in [0.25, 0.3) is 5.69 Å². The zero-order chi connectivity index (χ0) is 22.7. The number of nitrogens with two attached hydrogens (primary N) is 1. The van der Waals surface area contributed by atoms with Gasteiger partial charge in [-0.2, -0.15) is 5.10 Å². The predicted octanol–water partition coefficient (Wildman–Crippen LogP) is 2.60. The van der Waals surface area contributed by atoms with Crippen LogP contribution in [0.1, 0.15) is 33.7 Å². The third-order valence-corrected chi connectivity index (χ3v) is 5.51. The molecule has 2 heterocycles. The van der Waals surface area contributed by atoms with Gasteiger partial charge in [-0.05, 0) is 43.2 Å². The predicted molar refractivity (Wildman–Crippen MR) is 116 cm³/mol. The number of amides is 3. The first-order valence-electron chi connectivity index (χ1n) is 10.2. The average molecular weight is 435 g/mol. The van der Waals surface area contributed by atoms with Gasteiger partial charge in [0.1, 0.15) is 11.5 Å². The Kier molecular flexibility index (Phi) is 5.98. The highest BCUT2D eigenvalue weighted by Gasteiger charge is 2.27. The molecule has 1 aromatic heterocycles. The molecule has 8 nitrogen and oxygen atoms in total. The van der Waals surface area contributed by atoms with Crippen molar-refractivity contribution in [2.75, 3.05) is 18.4 Å². The van der Waals surface area contributed by atoms with Gasteiger partial charge in [-0.3, -0.25) is 14.4 Å². The lowest BCUT2D eigenvalue weighted by atomic mass is 9.95. The van der Waals surface area contributed by atoms with Crippen molar-refractivity contribution >= 4 is 23.4 Å². The largest absolute Gasteiger partial charge is 0.369 e. The van der Waals surface area contributed by atoms with E-state index in [0.29, 0.717) is 37.2 Å². The van der Waals surface area contributed by atoms with E-state index in [1.165, 1.54) is 23.0 Å². The Balaban J connectivity index is 1.49. The molecule has 3 amide bonds. The summed E-state index contributed by atoms with van der Waals surface area (Å²) in [5, 5.41) is 6.88. The van der Waals surface area contributed by atoms with Crippen molar-refractivity contribution < 1.29 is 18.8 Å². The molecule has 1 fully saturated rings. The van der Waals surface area contributed by atoms with E-state index in [9.17, 15) is 18.8 Å². The summed E-state index contributed by atoms with van der Waals surface area (Å²) in [5.74, 6) is -1.79. The number of aromatic nitrogens is 2. The minimum absolute atomic E-state index is 0.0813. The highest BCUT2D eigenvalue weighted by molar-refractivity contribution is 6.08. The molecule has 0 unspecified atom stereocenters. The Morgan fingerprint density at radius 1 is 1.00 bits per heavy atom. The molecule has 2 aromatic carbocycles. The number of halogens is 1. The molecule has 9 heteroatoms. The summed E-state index contributed by atoms with van der Waals surface area (Å²) < 4.78 is 15.3. The lowest BCUT2D eigenvalue weighted by Crippen LogP contribution is -2.42. The SMILES string of the molecule is NC(=O)C1CCN(C(=O)c2ccccc2NC(=O)c2ccn(-c3ccccc3F)n2)CC1. The van der Waals surface area contributed by atoms with Crippen LogP contribution in [0.2, 0.25) is 0 Å². The van der Waals surface area contributed by atoms with Crippen LogP contribution in [0.4, 0.5) is 10.1 Å². The third kappa shape index (κ3) is 4.36. The molecule has 3 N–H and O–H groups in total. The highest BCUT2D eigenvalue weighted by Crippen LogP contribution is 2.23. The van der Waals surface area contributed by atoms with Crippen molar-refractivity contribution in [2.24, 2.45) is 11.7 Å². The second-order valence-corrected chi connectivity index (χ2v) is 7.57. The molecule has 3 aromatic rings. The van der Waals surface area contributed by atoms with Gasteiger partial charge < -0.3 is 16.0 Å². The van der Waals surface area contributed by atoms with Crippen LogP contribution in [0.5, 0.6) is 0 Å². The number of piperidine rings is 1. The van der Waals surface area contributed by atoms with Crippen molar-refractivity contribution in [3.05, 3.63) is 77.9 Å².